The fourth-order valence-electron chi connectivity index (χ4n) is 3.84. The van der Waals surface area contributed by atoms with Gasteiger partial charge in [-0.1, -0.05) is 12.8 Å². The van der Waals surface area contributed by atoms with Crippen molar-refractivity contribution in [3.05, 3.63) is 0 Å². The van der Waals surface area contributed by atoms with Crippen LogP contribution in [0, 0.1) is 11.8 Å². The number of rotatable bonds is 8. The number of likely N-dealkylation sites (tertiary alicyclic amines) is 1. The van der Waals surface area contributed by atoms with E-state index in [0.29, 0.717) is 6.04 Å². The summed E-state index contributed by atoms with van der Waals surface area (Å²) in [5.41, 5.74) is 0. The lowest BCUT2D eigenvalue weighted by Gasteiger charge is -2.34. The molecule has 138 valence electrons. The number of hydrogen-bond acceptors (Lipinski definition) is 3. The topological polar surface area (TPSA) is 48.9 Å². The van der Waals surface area contributed by atoms with E-state index in [2.05, 4.69) is 22.5 Å². The molecule has 2 heterocycles. The van der Waals surface area contributed by atoms with E-state index in [1.54, 1.807) is 0 Å². The molecule has 0 radical (unpaired) electrons. The minimum absolute atomic E-state index is 0.572. The Morgan fingerprint density at radius 3 is 2.62 bits per heavy atom. The van der Waals surface area contributed by atoms with Crippen molar-refractivity contribution in [3.63, 3.8) is 0 Å². The molecule has 1 saturated carbocycles. The van der Waals surface area contributed by atoms with Gasteiger partial charge in [0.2, 0.25) is 0 Å². The summed E-state index contributed by atoms with van der Waals surface area (Å²) in [7, 11) is 0. The lowest BCUT2D eigenvalue weighted by molar-refractivity contribution is 0.150. The number of guanidine groups is 1. The van der Waals surface area contributed by atoms with E-state index >= 15 is 0 Å². The van der Waals surface area contributed by atoms with Crippen LogP contribution in [0.25, 0.3) is 0 Å². The maximum atomic E-state index is 5.50. The van der Waals surface area contributed by atoms with E-state index in [1.165, 1.54) is 64.6 Å². The van der Waals surface area contributed by atoms with Crippen LogP contribution in [-0.2, 0) is 4.74 Å². The van der Waals surface area contributed by atoms with Gasteiger partial charge < -0.3 is 20.3 Å². The summed E-state index contributed by atoms with van der Waals surface area (Å²) in [6, 6.07) is 0.572. The third kappa shape index (κ3) is 6.25. The second-order valence-corrected chi connectivity index (χ2v) is 7.80. The maximum Gasteiger partial charge on any atom is 0.191 e. The van der Waals surface area contributed by atoms with Crippen molar-refractivity contribution in [3.8, 4) is 0 Å². The molecule has 2 saturated heterocycles. The van der Waals surface area contributed by atoms with Gasteiger partial charge in [0.25, 0.3) is 0 Å². The van der Waals surface area contributed by atoms with Gasteiger partial charge in [-0.3, -0.25) is 4.99 Å². The van der Waals surface area contributed by atoms with Gasteiger partial charge in [0.05, 0.1) is 6.61 Å². The second-order valence-electron chi connectivity index (χ2n) is 7.80. The largest absolute Gasteiger partial charge is 0.381 e. The van der Waals surface area contributed by atoms with Gasteiger partial charge in [-0.25, -0.2) is 0 Å². The first kappa shape index (κ1) is 18.0. The maximum absolute atomic E-state index is 5.50. The molecule has 0 bridgehead atoms. The Balaban J connectivity index is 1.34. The smallest absolute Gasteiger partial charge is 0.191 e. The molecule has 1 unspecified atom stereocenters. The molecule has 1 aliphatic carbocycles. The number of aliphatic imine (C=N–C) groups is 1. The van der Waals surface area contributed by atoms with Gasteiger partial charge in [0, 0.05) is 45.4 Å². The monoisotopic (exact) mass is 336 g/mol. The fourth-order valence-corrected chi connectivity index (χ4v) is 3.84. The van der Waals surface area contributed by atoms with Crippen LogP contribution < -0.4 is 10.6 Å². The average Bonchev–Trinajstić information content (AvgIpc) is 3.28. The Morgan fingerprint density at radius 1 is 1.12 bits per heavy atom. The Morgan fingerprint density at radius 2 is 1.96 bits per heavy atom. The molecular weight excluding hydrogens is 300 g/mol. The molecule has 2 aliphatic heterocycles. The quantitative estimate of drug-likeness (QED) is 0.405. The molecule has 0 spiro atoms. The van der Waals surface area contributed by atoms with E-state index in [4.69, 9.17) is 9.73 Å². The minimum Gasteiger partial charge on any atom is -0.381 e. The normalized spacial score (nSPS) is 26.7. The molecule has 0 aromatic carbocycles. The van der Waals surface area contributed by atoms with Crippen molar-refractivity contribution in [2.75, 3.05) is 45.9 Å². The van der Waals surface area contributed by atoms with Crippen LogP contribution in [0.15, 0.2) is 4.99 Å². The Kier molecular flexibility index (Phi) is 7.21. The highest BCUT2D eigenvalue weighted by Gasteiger charge is 2.24. The van der Waals surface area contributed by atoms with Crippen LogP contribution in [0.4, 0.5) is 0 Å². The zero-order chi connectivity index (χ0) is 16.6. The highest BCUT2D eigenvalue weighted by molar-refractivity contribution is 5.80. The Bertz CT molecular complexity index is 383. The molecule has 3 fully saturated rings. The number of hydrogen-bond donors (Lipinski definition) is 2. The van der Waals surface area contributed by atoms with Gasteiger partial charge in [0.1, 0.15) is 0 Å². The molecule has 0 amide bonds. The summed E-state index contributed by atoms with van der Waals surface area (Å²) < 4.78 is 5.50. The van der Waals surface area contributed by atoms with Crippen LogP contribution in [-0.4, -0.2) is 62.8 Å². The predicted molar refractivity (Wildman–Crippen MR) is 99.5 cm³/mol. The molecule has 2 N–H and O–H groups in total. The zero-order valence-corrected chi connectivity index (χ0v) is 15.4. The molecule has 1 atom stereocenters. The van der Waals surface area contributed by atoms with Gasteiger partial charge in [-0.05, 0) is 50.9 Å². The van der Waals surface area contributed by atoms with Crippen LogP contribution in [0.1, 0.15) is 51.9 Å². The Labute approximate surface area is 147 Å². The molecule has 3 rings (SSSR count). The lowest BCUT2D eigenvalue weighted by atomic mass is 10.0. The molecule has 0 aromatic heterocycles. The molecule has 24 heavy (non-hydrogen) atoms. The number of piperidine rings is 1. The second kappa shape index (κ2) is 9.62. The summed E-state index contributed by atoms with van der Waals surface area (Å²) in [5, 5.41) is 7.07. The third-order valence-electron chi connectivity index (χ3n) is 5.55. The van der Waals surface area contributed by atoms with Crippen LogP contribution in [0.5, 0.6) is 0 Å². The minimum atomic E-state index is 0.572. The van der Waals surface area contributed by atoms with Crippen molar-refractivity contribution >= 4 is 5.96 Å². The van der Waals surface area contributed by atoms with Gasteiger partial charge in [-0.2, -0.15) is 0 Å². The molecular formula is C19H36N4O. The van der Waals surface area contributed by atoms with Crippen molar-refractivity contribution < 1.29 is 4.74 Å². The highest BCUT2D eigenvalue weighted by atomic mass is 16.5. The van der Waals surface area contributed by atoms with Gasteiger partial charge in [-0.15, -0.1) is 0 Å². The Hall–Kier alpha value is -0.810. The number of nitrogens with zero attached hydrogens (tertiary/aromatic N) is 2. The summed E-state index contributed by atoms with van der Waals surface area (Å²) in [6.45, 7) is 9.61. The number of nitrogens with one attached hydrogen (secondary N) is 2. The summed E-state index contributed by atoms with van der Waals surface area (Å²) in [6.07, 6.45) is 9.20. The van der Waals surface area contributed by atoms with E-state index in [-0.39, 0.29) is 0 Å². The summed E-state index contributed by atoms with van der Waals surface area (Å²) >= 11 is 0. The first-order chi connectivity index (χ1) is 11.8. The van der Waals surface area contributed by atoms with E-state index in [0.717, 1.165) is 44.1 Å². The first-order valence-corrected chi connectivity index (χ1v) is 10.2. The molecule has 0 aromatic rings. The predicted octanol–water partition coefficient (Wildman–Crippen LogP) is 2.23. The van der Waals surface area contributed by atoms with E-state index < -0.39 is 0 Å². The zero-order valence-electron chi connectivity index (χ0n) is 15.4. The van der Waals surface area contributed by atoms with Crippen molar-refractivity contribution in [2.45, 2.75) is 57.9 Å². The number of ether oxygens (including phenoxy) is 1. The fraction of sp³-hybridized carbons (Fsp3) is 0.947. The summed E-state index contributed by atoms with van der Waals surface area (Å²) in [4.78, 5) is 7.40. The van der Waals surface area contributed by atoms with Crippen LogP contribution in [0.2, 0.25) is 0 Å². The highest BCUT2D eigenvalue weighted by Crippen LogP contribution is 2.33. The standard InChI is InChI=1S/C19H36N4O/c1-2-20-19(21-10-3-4-16-5-6-16)22-18-7-11-23(12-8-18)14-17-9-13-24-15-17/h16-18H,2-15H2,1H3,(H2,20,21,22). The molecule has 3 aliphatic rings. The van der Waals surface area contributed by atoms with Crippen LogP contribution >= 0.6 is 0 Å². The van der Waals surface area contributed by atoms with Gasteiger partial charge >= 0.3 is 0 Å². The van der Waals surface area contributed by atoms with E-state index in [9.17, 15) is 0 Å². The molecule has 5 nitrogen and oxygen atoms in total. The van der Waals surface area contributed by atoms with Crippen molar-refractivity contribution in [2.24, 2.45) is 16.8 Å². The third-order valence-corrected chi connectivity index (χ3v) is 5.55. The SMILES string of the molecule is CCNC(=NCCCC1CC1)NC1CCN(CC2CCOC2)CC1. The van der Waals surface area contributed by atoms with E-state index in [1.807, 2.05) is 0 Å². The first-order valence-electron chi connectivity index (χ1n) is 10.2. The molecule has 5 heteroatoms. The van der Waals surface area contributed by atoms with Gasteiger partial charge in [0.15, 0.2) is 5.96 Å². The van der Waals surface area contributed by atoms with Crippen LogP contribution in [0.3, 0.4) is 0 Å². The summed E-state index contributed by atoms with van der Waals surface area (Å²) in [5.74, 6) is 2.81. The average molecular weight is 337 g/mol. The van der Waals surface area contributed by atoms with Crippen molar-refractivity contribution in [1.82, 2.24) is 15.5 Å². The van der Waals surface area contributed by atoms with Crippen molar-refractivity contribution in [1.29, 1.82) is 0 Å². The lowest BCUT2D eigenvalue weighted by Crippen LogP contribution is -2.49.